The summed E-state index contributed by atoms with van der Waals surface area (Å²) in [4.78, 5) is 12.3. The van der Waals surface area contributed by atoms with Crippen molar-refractivity contribution < 1.29 is 4.79 Å². The molecule has 3 aromatic carbocycles. The van der Waals surface area contributed by atoms with E-state index in [-0.39, 0.29) is 12.6 Å². The van der Waals surface area contributed by atoms with E-state index >= 15 is 0 Å². The number of amides is 2. The zero-order valence-corrected chi connectivity index (χ0v) is 19.9. The van der Waals surface area contributed by atoms with Gasteiger partial charge in [-0.3, -0.25) is 4.57 Å². The van der Waals surface area contributed by atoms with Gasteiger partial charge in [0.1, 0.15) is 0 Å². The molecule has 33 heavy (non-hydrogen) atoms. The van der Waals surface area contributed by atoms with Crippen LogP contribution in [0.2, 0.25) is 10.0 Å². The second-order valence-corrected chi connectivity index (χ2v) is 8.91. The number of hydrogen-bond donors (Lipinski definition) is 2. The Balaban J connectivity index is 1.50. The summed E-state index contributed by atoms with van der Waals surface area (Å²) in [6.07, 6.45) is 0. The molecule has 4 aromatic rings. The van der Waals surface area contributed by atoms with E-state index in [0.29, 0.717) is 33.3 Å². The van der Waals surface area contributed by atoms with Crippen molar-refractivity contribution in [1.29, 1.82) is 0 Å². The van der Waals surface area contributed by atoms with Crippen LogP contribution in [0.1, 0.15) is 17.0 Å². The van der Waals surface area contributed by atoms with E-state index in [1.54, 1.807) is 12.1 Å². The molecule has 0 aliphatic heterocycles. The van der Waals surface area contributed by atoms with Crippen molar-refractivity contribution >= 4 is 41.0 Å². The predicted molar refractivity (Wildman–Crippen MR) is 133 cm³/mol. The van der Waals surface area contributed by atoms with Crippen molar-refractivity contribution in [1.82, 2.24) is 25.4 Å². The fraction of sp³-hybridized carbons (Fsp3) is 0.125. The highest BCUT2D eigenvalue weighted by Crippen LogP contribution is 2.30. The lowest BCUT2D eigenvalue weighted by Crippen LogP contribution is -2.35. The van der Waals surface area contributed by atoms with Crippen molar-refractivity contribution in [3.8, 4) is 5.69 Å². The van der Waals surface area contributed by atoms with Gasteiger partial charge in [0.15, 0.2) is 11.0 Å². The van der Waals surface area contributed by atoms with E-state index in [1.807, 2.05) is 59.2 Å². The molecule has 6 nitrogen and oxygen atoms in total. The lowest BCUT2D eigenvalue weighted by molar-refractivity contribution is 0.240. The predicted octanol–water partition coefficient (Wildman–Crippen LogP) is 5.87. The van der Waals surface area contributed by atoms with Gasteiger partial charge in [-0.1, -0.05) is 95.6 Å². The van der Waals surface area contributed by atoms with Crippen LogP contribution in [0.5, 0.6) is 0 Å². The van der Waals surface area contributed by atoms with Crippen LogP contribution in [0.25, 0.3) is 5.69 Å². The van der Waals surface area contributed by atoms with Gasteiger partial charge in [-0.05, 0) is 29.3 Å². The molecule has 0 spiro atoms. The quantitative estimate of drug-likeness (QED) is 0.298. The Morgan fingerprint density at radius 1 is 0.848 bits per heavy atom. The molecule has 1 heterocycles. The van der Waals surface area contributed by atoms with Crippen molar-refractivity contribution in [3.05, 3.63) is 106 Å². The van der Waals surface area contributed by atoms with Gasteiger partial charge in [0.25, 0.3) is 0 Å². The van der Waals surface area contributed by atoms with E-state index in [0.717, 1.165) is 11.3 Å². The van der Waals surface area contributed by atoms with Gasteiger partial charge >= 0.3 is 6.03 Å². The third-order valence-corrected chi connectivity index (χ3v) is 6.30. The maximum absolute atomic E-state index is 12.3. The maximum atomic E-state index is 12.3. The molecule has 0 aliphatic rings. The topological polar surface area (TPSA) is 71.8 Å². The van der Waals surface area contributed by atoms with Crippen LogP contribution < -0.4 is 10.6 Å². The molecule has 0 atom stereocenters. The van der Waals surface area contributed by atoms with Gasteiger partial charge in [-0.15, -0.1) is 10.2 Å². The Morgan fingerprint density at radius 2 is 1.52 bits per heavy atom. The van der Waals surface area contributed by atoms with Crippen LogP contribution in [0.3, 0.4) is 0 Å². The molecular weight excluding hydrogens is 477 g/mol. The molecule has 0 saturated heterocycles. The molecule has 9 heteroatoms. The van der Waals surface area contributed by atoms with Crippen LogP contribution in [-0.4, -0.2) is 20.8 Å². The Bertz CT molecular complexity index is 1220. The molecule has 0 aliphatic carbocycles. The zero-order valence-electron chi connectivity index (χ0n) is 17.5. The number of carbonyl (C=O) groups excluding carboxylic acids is 1. The number of benzene rings is 3. The van der Waals surface area contributed by atoms with E-state index < -0.39 is 0 Å². The molecule has 4 rings (SSSR count). The monoisotopic (exact) mass is 497 g/mol. The first-order valence-electron chi connectivity index (χ1n) is 10.2. The van der Waals surface area contributed by atoms with Gasteiger partial charge in [0.05, 0.1) is 17.3 Å². The maximum Gasteiger partial charge on any atom is 0.315 e. The summed E-state index contributed by atoms with van der Waals surface area (Å²) >= 11 is 14.1. The largest absolute Gasteiger partial charge is 0.334 e. The number of halogens is 2. The van der Waals surface area contributed by atoms with Gasteiger partial charge in [0.2, 0.25) is 0 Å². The summed E-state index contributed by atoms with van der Waals surface area (Å²) in [5.41, 5.74) is 2.88. The number of nitrogens with one attached hydrogen (secondary N) is 2. The number of thioether (sulfide) groups is 1. The molecular formula is C24H21Cl2N5OS. The molecule has 2 N–H and O–H groups in total. The Kier molecular flexibility index (Phi) is 7.88. The van der Waals surface area contributed by atoms with Crippen molar-refractivity contribution in [2.24, 2.45) is 0 Å². The first-order valence-corrected chi connectivity index (χ1v) is 12.0. The first kappa shape index (κ1) is 23.2. The van der Waals surface area contributed by atoms with Crippen LogP contribution in [0, 0.1) is 0 Å². The lowest BCUT2D eigenvalue weighted by Gasteiger charge is -2.13. The Hall–Kier alpha value is -3.00. The van der Waals surface area contributed by atoms with Crippen LogP contribution in [0.15, 0.2) is 84.0 Å². The number of rotatable bonds is 8. The summed E-state index contributed by atoms with van der Waals surface area (Å²) in [5.74, 6) is 1.28. The number of carbonyl (C=O) groups is 1. The highest BCUT2D eigenvalue weighted by molar-refractivity contribution is 7.98. The third-order valence-electron chi connectivity index (χ3n) is 4.76. The second kappa shape index (κ2) is 11.2. The van der Waals surface area contributed by atoms with E-state index in [9.17, 15) is 4.79 Å². The SMILES string of the molecule is O=C(NCc1ccccc1)NCc1nnc(SCc2ccccc2)n1-c1ccc(Cl)cc1Cl. The fourth-order valence-electron chi connectivity index (χ4n) is 3.14. The summed E-state index contributed by atoms with van der Waals surface area (Å²) in [6.45, 7) is 0.610. The first-order chi connectivity index (χ1) is 16.1. The smallest absolute Gasteiger partial charge is 0.315 e. The average Bonchev–Trinajstić information content (AvgIpc) is 3.24. The summed E-state index contributed by atoms with van der Waals surface area (Å²) < 4.78 is 1.85. The molecule has 0 saturated carbocycles. The summed E-state index contributed by atoms with van der Waals surface area (Å²) in [5, 5.41) is 16.0. The third kappa shape index (κ3) is 6.28. The standard InChI is InChI=1S/C24H21Cl2N5OS/c25-19-11-12-21(20(26)13-19)31-22(15-28-23(32)27-14-17-7-3-1-4-8-17)29-30-24(31)33-16-18-9-5-2-6-10-18/h1-13H,14-16H2,(H2,27,28,32). The number of nitrogens with zero attached hydrogens (tertiary/aromatic N) is 3. The fourth-order valence-corrected chi connectivity index (χ4v) is 4.55. The minimum Gasteiger partial charge on any atom is -0.334 e. The van der Waals surface area contributed by atoms with Crippen molar-refractivity contribution in [2.45, 2.75) is 24.0 Å². The molecule has 0 bridgehead atoms. The van der Waals surface area contributed by atoms with E-state index in [4.69, 9.17) is 23.2 Å². The number of urea groups is 1. The van der Waals surface area contributed by atoms with Gasteiger partial charge in [0, 0.05) is 17.3 Å². The van der Waals surface area contributed by atoms with Crippen LogP contribution in [-0.2, 0) is 18.8 Å². The molecule has 0 fully saturated rings. The minimum absolute atomic E-state index is 0.179. The number of aromatic nitrogens is 3. The van der Waals surface area contributed by atoms with Gasteiger partial charge in [-0.25, -0.2) is 4.79 Å². The van der Waals surface area contributed by atoms with Gasteiger partial charge in [-0.2, -0.15) is 0 Å². The highest BCUT2D eigenvalue weighted by atomic mass is 35.5. The zero-order chi connectivity index (χ0) is 23.0. The lowest BCUT2D eigenvalue weighted by atomic mass is 10.2. The van der Waals surface area contributed by atoms with Crippen LogP contribution in [0.4, 0.5) is 4.79 Å². The van der Waals surface area contributed by atoms with Crippen molar-refractivity contribution in [3.63, 3.8) is 0 Å². The normalized spacial score (nSPS) is 10.7. The molecule has 2 amide bonds. The highest BCUT2D eigenvalue weighted by Gasteiger charge is 2.18. The molecule has 1 aromatic heterocycles. The summed E-state index contributed by atoms with van der Waals surface area (Å²) in [6, 6.07) is 24.8. The average molecular weight is 498 g/mol. The Labute approximate surface area is 206 Å². The van der Waals surface area contributed by atoms with Gasteiger partial charge < -0.3 is 10.6 Å². The molecule has 168 valence electrons. The minimum atomic E-state index is -0.297. The van der Waals surface area contributed by atoms with Crippen molar-refractivity contribution in [2.75, 3.05) is 0 Å². The summed E-state index contributed by atoms with van der Waals surface area (Å²) in [7, 11) is 0. The van der Waals surface area contributed by atoms with E-state index in [1.165, 1.54) is 17.3 Å². The number of hydrogen-bond acceptors (Lipinski definition) is 4. The molecule has 0 unspecified atom stereocenters. The second-order valence-electron chi connectivity index (χ2n) is 7.13. The van der Waals surface area contributed by atoms with Crippen LogP contribution >= 0.6 is 35.0 Å². The Morgan fingerprint density at radius 3 is 2.21 bits per heavy atom. The van der Waals surface area contributed by atoms with E-state index in [2.05, 4.69) is 33.0 Å². The molecule has 0 radical (unpaired) electrons.